The number of rotatable bonds is 2. The van der Waals surface area contributed by atoms with E-state index in [1.807, 2.05) is 32.9 Å². The number of hydrogen-bond donors (Lipinski definition) is 0. The van der Waals surface area contributed by atoms with Crippen molar-refractivity contribution in [3.05, 3.63) is 52.8 Å². The van der Waals surface area contributed by atoms with Gasteiger partial charge in [-0.2, -0.15) is 5.10 Å². The Balaban J connectivity index is 1.94. The summed E-state index contributed by atoms with van der Waals surface area (Å²) < 4.78 is 7.96. The van der Waals surface area contributed by atoms with E-state index >= 15 is 0 Å². The van der Waals surface area contributed by atoms with Crippen LogP contribution < -0.4 is 4.74 Å². The first-order chi connectivity index (χ1) is 10.9. The zero-order valence-electron chi connectivity index (χ0n) is 13.1. The summed E-state index contributed by atoms with van der Waals surface area (Å²) in [5.41, 5.74) is 0.996. The van der Waals surface area contributed by atoms with E-state index in [-0.39, 0.29) is 5.54 Å². The van der Waals surface area contributed by atoms with E-state index in [1.165, 1.54) is 0 Å². The highest BCUT2D eigenvalue weighted by atomic mass is 79.9. The third-order valence-corrected chi connectivity index (χ3v) is 3.94. The first-order valence-corrected chi connectivity index (χ1v) is 7.96. The Bertz CT molecular complexity index is 881. The van der Waals surface area contributed by atoms with Gasteiger partial charge >= 0.3 is 5.97 Å². The van der Waals surface area contributed by atoms with Crippen LogP contribution in [0.4, 0.5) is 0 Å². The maximum atomic E-state index is 12.5. The van der Waals surface area contributed by atoms with Gasteiger partial charge in [0, 0.05) is 22.1 Å². The molecule has 6 heteroatoms. The molecule has 2 heterocycles. The number of halogens is 1. The highest BCUT2D eigenvalue weighted by Gasteiger charge is 2.21. The lowest BCUT2D eigenvalue weighted by Crippen LogP contribution is -2.25. The number of esters is 1. The maximum Gasteiger partial charge on any atom is 0.344 e. The van der Waals surface area contributed by atoms with E-state index in [0.29, 0.717) is 11.4 Å². The van der Waals surface area contributed by atoms with Crippen molar-refractivity contribution in [3.8, 4) is 5.88 Å². The van der Waals surface area contributed by atoms with Crippen molar-refractivity contribution in [3.63, 3.8) is 0 Å². The van der Waals surface area contributed by atoms with Gasteiger partial charge in [-0.3, -0.25) is 4.98 Å². The molecule has 0 fully saturated rings. The highest BCUT2D eigenvalue weighted by Crippen LogP contribution is 2.26. The Hall–Kier alpha value is -2.21. The van der Waals surface area contributed by atoms with Crippen LogP contribution in [-0.4, -0.2) is 20.7 Å². The minimum Gasteiger partial charge on any atom is -0.404 e. The first kappa shape index (κ1) is 15.7. The van der Waals surface area contributed by atoms with Crippen LogP contribution in [0.15, 0.2) is 47.2 Å². The van der Waals surface area contributed by atoms with Gasteiger partial charge in [0.05, 0.1) is 22.8 Å². The second-order valence-corrected chi connectivity index (χ2v) is 7.03. The van der Waals surface area contributed by atoms with Crippen molar-refractivity contribution in [1.29, 1.82) is 0 Å². The Labute approximate surface area is 142 Å². The first-order valence-electron chi connectivity index (χ1n) is 7.17. The molecule has 0 unspecified atom stereocenters. The lowest BCUT2D eigenvalue weighted by Gasteiger charge is -2.21. The van der Waals surface area contributed by atoms with Crippen LogP contribution in [-0.2, 0) is 5.54 Å². The average Bonchev–Trinajstić information content (AvgIpc) is 2.95. The number of ether oxygens (including phenoxy) is 1. The van der Waals surface area contributed by atoms with Gasteiger partial charge in [-0.05, 0) is 54.9 Å². The Morgan fingerprint density at radius 1 is 1.22 bits per heavy atom. The van der Waals surface area contributed by atoms with Crippen LogP contribution in [0.25, 0.3) is 10.9 Å². The number of nitrogens with zero attached hydrogens (tertiary/aromatic N) is 3. The SMILES string of the molecule is CC(C)(C)n1nccc1OC(=O)c1cc(Br)c2ncccc2c1. The van der Waals surface area contributed by atoms with Gasteiger partial charge in [0.2, 0.25) is 5.88 Å². The van der Waals surface area contributed by atoms with Gasteiger partial charge in [0.25, 0.3) is 0 Å². The fourth-order valence-corrected chi connectivity index (χ4v) is 2.87. The van der Waals surface area contributed by atoms with Gasteiger partial charge in [0.15, 0.2) is 0 Å². The molecule has 3 rings (SSSR count). The summed E-state index contributed by atoms with van der Waals surface area (Å²) >= 11 is 3.45. The van der Waals surface area contributed by atoms with Crippen LogP contribution in [0, 0.1) is 0 Å². The van der Waals surface area contributed by atoms with Crippen molar-refractivity contribution in [2.45, 2.75) is 26.3 Å². The molecule has 0 saturated carbocycles. The van der Waals surface area contributed by atoms with Crippen LogP contribution in [0.3, 0.4) is 0 Å². The molecule has 3 aromatic rings. The lowest BCUT2D eigenvalue weighted by atomic mass is 10.1. The van der Waals surface area contributed by atoms with Crippen molar-refractivity contribution >= 4 is 32.8 Å². The minimum atomic E-state index is -0.428. The number of pyridine rings is 1. The molecule has 0 bridgehead atoms. The lowest BCUT2D eigenvalue weighted by molar-refractivity contribution is 0.0709. The van der Waals surface area contributed by atoms with Crippen LogP contribution in [0.2, 0.25) is 0 Å². The quantitative estimate of drug-likeness (QED) is 0.632. The number of carbonyl (C=O) groups excluding carboxylic acids is 1. The van der Waals surface area contributed by atoms with E-state index in [1.54, 1.807) is 35.3 Å². The summed E-state index contributed by atoms with van der Waals surface area (Å²) in [5, 5.41) is 5.10. The monoisotopic (exact) mass is 373 g/mol. The molecule has 0 aliphatic carbocycles. The summed E-state index contributed by atoms with van der Waals surface area (Å²) in [6.45, 7) is 5.99. The molecular formula is C17H16BrN3O2. The van der Waals surface area contributed by atoms with Gasteiger partial charge < -0.3 is 4.74 Å². The Kier molecular flexibility index (Phi) is 3.93. The van der Waals surface area contributed by atoms with Gasteiger partial charge in [-0.25, -0.2) is 9.48 Å². The van der Waals surface area contributed by atoms with E-state index in [4.69, 9.17) is 4.74 Å². The number of benzene rings is 1. The van der Waals surface area contributed by atoms with Crippen LogP contribution in [0.1, 0.15) is 31.1 Å². The highest BCUT2D eigenvalue weighted by molar-refractivity contribution is 9.10. The fraction of sp³-hybridized carbons (Fsp3) is 0.235. The van der Waals surface area contributed by atoms with Crippen LogP contribution in [0.5, 0.6) is 5.88 Å². The van der Waals surface area contributed by atoms with Gasteiger partial charge in [-0.15, -0.1) is 0 Å². The largest absolute Gasteiger partial charge is 0.404 e. The summed E-state index contributed by atoms with van der Waals surface area (Å²) in [5.74, 6) is -0.00707. The molecule has 23 heavy (non-hydrogen) atoms. The molecule has 0 amide bonds. The molecule has 118 valence electrons. The predicted molar refractivity (Wildman–Crippen MR) is 91.6 cm³/mol. The zero-order chi connectivity index (χ0) is 16.6. The molecule has 0 atom stereocenters. The minimum absolute atomic E-state index is 0.271. The van der Waals surface area contributed by atoms with E-state index in [0.717, 1.165) is 15.4 Å². The summed E-state index contributed by atoms with van der Waals surface area (Å²) in [4.78, 5) is 16.8. The smallest absolute Gasteiger partial charge is 0.344 e. The van der Waals surface area contributed by atoms with Crippen LogP contribution >= 0.6 is 15.9 Å². The maximum absolute atomic E-state index is 12.5. The topological polar surface area (TPSA) is 57.0 Å². The number of fused-ring (bicyclic) bond motifs is 1. The Morgan fingerprint density at radius 2 is 2.00 bits per heavy atom. The summed E-state index contributed by atoms with van der Waals surface area (Å²) in [7, 11) is 0. The van der Waals surface area contributed by atoms with E-state index in [2.05, 4.69) is 26.0 Å². The summed E-state index contributed by atoms with van der Waals surface area (Å²) in [6.07, 6.45) is 3.33. The van der Waals surface area contributed by atoms with Crippen molar-refractivity contribution in [1.82, 2.24) is 14.8 Å². The third kappa shape index (κ3) is 3.12. The predicted octanol–water partition coefficient (Wildman–Crippen LogP) is 4.17. The summed E-state index contributed by atoms with van der Waals surface area (Å²) in [6, 6.07) is 8.91. The molecule has 2 aromatic heterocycles. The molecule has 5 nitrogen and oxygen atoms in total. The van der Waals surface area contributed by atoms with E-state index < -0.39 is 5.97 Å². The molecule has 0 N–H and O–H groups in total. The van der Waals surface area contributed by atoms with Crippen molar-refractivity contribution in [2.24, 2.45) is 0 Å². The fourth-order valence-electron chi connectivity index (χ4n) is 2.29. The third-order valence-electron chi connectivity index (χ3n) is 3.33. The normalized spacial score (nSPS) is 11.7. The van der Waals surface area contributed by atoms with E-state index in [9.17, 15) is 4.79 Å². The second kappa shape index (κ2) is 5.77. The molecule has 0 spiro atoms. The second-order valence-electron chi connectivity index (χ2n) is 6.17. The number of aromatic nitrogens is 3. The molecule has 0 radical (unpaired) electrons. The standard InChI is InChI=1S/C17H16BrN3O2/c1-17(2,3)21-14(6-8-20-21)23-16(22)12-9-11-5-4-7-19-15(11)13(18)10-12/h4-10H,1-3H3. The number of hydrogen-bond acceptors (Lipinski definition) is 4. The zero-order valence-corrected chi connectivity index (χ0v) is 14.7. The molecule has 0 saturated heterocycles. The Morgan fingerprint density at radius 3 is 2.74 bits per heavy atom. The van der Waals surface area contributed by atoms with Crippen molar-refractivity contribution in [2.75, 3.05) is 0 Å². The molecule has 0 aliphatic heterocycles. The molecule has 0 aliphatic rings. The van der Waals surface area contributed by atoms with Gasteiger partial charge in [-0.1, -0.05) is 6.07 Å². The molecule has 1 aromatic carbocycles. The molecular weight excluding hydrogens is 358 g/mol. The average molecular weight is 374 g/mol. The number of carbonyl (C=O) groups is 1. The van der Waals surface area contributed by atoms with Gasteiger partial charge in [0.1, 0.15) is 0 Å². The van der Waals surface area contributed by atoms with Crippen molar-refractivity contribution < 1.29 is 9.53 Å².